The summed E-state index contributed by atoms with van der Waals surface area (Å²) in [5, 5.41) is 0. The molecule has 1 N–H and O–H groups in total. The van der Waals surface area contributed by atoms with Gasteiger partial charge in [-0.25, -0.2) is 4.98 Å². The van der Waals surface area contributed by atoms with Crippen molar-refractivity contribution >= 4 is 17.5 Å². The van der Waals surface area contributed by atoms with Gasteiger partial charge in [-0.1, -0.05) is 56.7 Å². The van der Waals surface area contributed by atoms with Crippen molar-refractivity contribution in [3.63, 3.8) is 0 Å². The fourth-order valence-electron chi connectivity index (χ4n) is 6.51. The van der Waals surface area contributed by atoms with E-state index in [-0.39, 0.29) is 0 Å². The van der Waals surface area contributed by atoms with Gasteiger partial charge in [0.15, 0.2) is 11.5 Å². The van der Waals surface area contributed by atoms with Crippen LogP contribution in [0.25, 0.3) is 11.3 Å². The lowest BCUT2D eigenvalue weighted by Crippen LogP contribution is -2.43. The van der Waals surface area contributed by atoms with E-state index in [1.165, 1.54) is 64.2 Å². The summed E-state index contributed by atoms with van der Waals surface area (Å²) in [6.45, 7) is 6.64. The molecule has 0 spiro atoms. The SMILES string of the molecule is Cc1cccc(C)c1-c1cc2nc(n1)N[S+]([O-])N1CCCC(CCC[C@H](CC3CCCCC3)CO2)C1. The summed E-state index contributed by atoms with van der Waals surface area (Å²) < 4.78 is 24.9. The highest BCUT2D eigenvalue weighted by Crippen LogP contribution is 2.34. The molecule has 6 nitrogen and oxygen atoms in total. The molecule has 2 aliphatic heterocycles. The van der Waals surface area contributed by atoms with Crippen LogP contribution >= 0.6 is 0 Å². The molecule has 1 saturated carbocycles. The summed E-state index contributed by atoms with van der Waals surface area (Å²) in [4.78, 5) is 9.49. The molecule has 0 radical (unpaired) electrons. The number of aryl methyl sites for hydroxylation is 2. The fourth-order valence-corrected chi connectivity index (χ4v) is 7.53. The number of hydrogen-bond acceptors (Lipinski definition) is 6. The van der Waals surface area contributed by atoms with Crippen LogP contribution in [0, 0.1) is 31.6 Å². The number of rotatable bonds is 3. The minimum Gasteiger partial charge on any atom is -0.573 e. The van der Waals surface area contributed by atoms with Gasteiger partial charge in [0.1, 0.15) is 0 Å². The molecule has 7 heteroatoms. The van der Waals surface area contributed by atoms with Gasteiger partial charge in [-0.3, -0.25) is 0 Å². The zero-order chi connectivity index (χ0) is 24.9. The summed E-state index contributed by atoms with van der Waals surface area (Å²) >= 11 is -1.36. The molecule has 3 heterocycles. The number of piperidine rings is 1. The lowest BCUT2D eigenvalue weighted by atomic mass is 9.81. The van der Waals surface area contributed by atoms with E-state index in [4.69, 9.17) is 9.72 Å². The van der Waals surface area contributed by atoms with Crippen LogP contribution in [0.5, 0.6) is 5.88 Å². The fraction of sp³-hybridized carbons (Fsp3) is 0.655. The predicted octanol–water partition coefficient (Wildman–Crippen LogP) is 6.61. The third-order valence-electron chi connectivity index (χ3n) is 8.42. The van der Waals surface area contributed by atoms with Crippen LogP contribution in [0.4, 0.5) is 5.95 Å². The van der Waals surface area contributed by atoms with Gasteiger partial charge in [-0.15, -0.1) is 4.31 Å². The van der Waals surface area contributed by atoms with Crippen molar-refractivity contribution in [2.75, 3.05) is 24.4 Å². The number of hydrogen-bond donors (Lipinski definition) is 1. The zero-order valence-corrected chi connectivity index (χ0v) is 22.8. The number of nitrogens with one attached hydrogen (secondary N) is 1. The molecular weight excluding hydrogens is 468 g/mol. The largest absolute Gasteiger partial charge is 0.573 e. The van der Waals surface area contributed by atoms with E-state index in [2.05, 4.69) is 46.1 Å². The highest BCUT2D eigenvalue weighted by atomic mass is 32.2. The van der Waals surface area contributed by atoms with Gasteiger partial charge in [-0.05, 0) is 74.8 Å². The first-order valence-electron chi connectivity index (χ1n) is 14.1. The van der Waals surface area contributed by atoms with E-state index in [1.54, 1.807) is 0 Å². The van der Waals surface area contributed by atoms with Crippen LogP contribution in [0.1, 0.15) is 81.8 Å². The Hall–Kier alpha value is -1.83. The molecule has 0 amide bonds. The Morgan fingerprint density at radius 3 is 2.53 bits per heavy atom. The smallest absolute Gasteiger partial charge is 0.270 e. The first kappa shape index (κ1) is 25.8. The van der Waals surface area contributed by atoms with Gasteiger partial charge in [0.2, 0.25) is 5.88 Å². The highest BCUT2D eigenvalue weighted by molar-refractivity contribution is 7.90. The molecule has 1 aromatic carbocycles. The molecule has 1 aromatic heterocycles. The van der Waals surface area contributed by atoms with Crippen molar-refractivity contribution in [3.05, 3.63) is 35.4 Å². The van der Waals surface area contributed by atoms with Crippen LogP contribution < -0.4 is 9.46 Å². The summed E-state index contributed by atoms with van der Waals surface area (Å²) in [5.41, 5.74) is 4.24. The molecule has 2 aromatic rings. The van der Waals surface area contributed by atoms with Gasteiger partial charge in [-0.2, -0.15) is 9.71 Å². The second kappa shape index (κ2) is 12.1. The maximum absolute atomic E-state index is 13.3. The molecule has 196 valence electrons. The van der Waals surface area contributed by atoms with Crippen molar-refractivity contribution in [1.82, 2.24) is 14.3 Å². The van der Waals surface area contributed by atoms with Crippen molar-refractivity contribution in [2.24, 2.45) is 17.8 Å². The average molecular weight is 511 g/mol. The molecule has 2 fully saturated rings. The molecule has 1 saturated heterocycles. The van der Waals surface area contributed by atoms with Gasteiger partial charge in [0.05, 0.1) is 12.3 Å². The lowest BCUT2D eigenvalue weighted by molar-refractivity contribution is 0.180. The van der Waals surface area contributed by atoms with Crippen molar-refractivity contribution in [3.8, 4) is 17.1 Å². The predicted molar refractivity (Wildman–Crippen MR) is 147 cm³/mol. The second-order valence-corrected chi connectivity index (χ2v) is 12.5. The Balaban J connectivity index is 1.44. The zero-order valence-electron chi connectivity index (χ0n) is 22.0. The summed E-state index contributed by atoms with van der Waals surface area (Å²) in [5.74, 6) is 2.96. The minimum absolute atomic E-state index is 0.381. The number of anilines is 1. The molecule has 4 bridgehead atoms. The third kappa shape index (κ3) is 6.53. The standard InChI is InChI=1S/C29H42N4O2S/c1-21-9-6-10-22(2)28(21)26-18-27-31-29(30-26)32-36(34)33-16-8-15-24(19-33)13-7-14-25(20-35-27)17-23-11-4-3-5-12-23/h6,9-10,18,23-25H,3-5,7-8,11-17,19-20H2,1-2H3,(H,30,31,32)/t24?,25-,36?/m1/s1. The first-order chi connectivity index (χ1) is 17.5. The van der Waals surface area contributed by atoms with Crippen LogP contribution in [-0.4, -0.2) is 38.5 Å². The maximum Gasteiger partial charge on any atom is 0.270 e. The normalized spacial score (nSPS) is 28.0. The lowest BCUT2D eigenvalue weighted by Gasteiger charge is -2.32. The molecule has 4 atom stereocenters. The number of fused-ring (bicyclic) bond motifs is 4. The number of ether oxygens (including phenoxy) is 1. The Labute approximate surface area is 220 Å². The van der Waals surface area contributed by atoms with Gasteiger partial charge >= 0.3 is 0 Å². The average Bonchev–Trinajstić information content (AvgIpc) is 2.87. The van der Waals surface area contributed by atoms with E-state index < -0.39 is 11.5 Å². The summed E-state index contributed by atoms with van der Waals surface area (Å²) in [6, 6.07) is 8.25. The monoisotopic (exact) mass is 510 g/mol. The van der Waals surface area contributed by atoms with E-state index in [0.29, 0.717) is 30.3 Å². The van der Waals surface area contributed by atoms with Crippen LogP contribution in [0.2, 0.25) is 0 Å². The number of nitrogens with zero attached hydrogens (tertiary/aromatic N) is 3. The highest BCUT2D eigenvalue weighted by Gasteiger charge is 2.30. The molecule has 3 unspecified atom stereocenters. The van der Waals surface area contributed by atoms with Crippen LogP contribution in [0.15, 0.2) is 24.3 Å². The number of benzene rings is 1. The van der Waals surface area contributed by atoms with Crippen molar-refractivity contribution in [1.29, 1.82) is 0 Å². The van der Waals surface area contributed by atoms with Crippen molar-refractivity contribution < 1.29 is 9.29 Å². The summed E-state index contributed by atoms with van der Waals surface area (Å²) in [7, 11) is 0. The molecule has 3 aliphatic rings. The van der Waals surface area contributed by atoms with Crippen LogP contribution in [-0.2, 0) is 11.5 Å². The topological polar surface area (TPSA) is 73.3 Å². The Morgan fingerprint density at radius 1 is 0.972 bits per heavy atom. The quantitative estimate of drug-likeness (QED) is 0.468. The Kier molecular flexibility index (Phi) is 8.70. The Morgan fingerprint density at radius 2 is 1.72 bits per heavy atom. The third-order valence-corrected chi connectivity index (χ3v) is 9.58. The van der Waals surface area contributed by atoms with E-state index in [9.17, 15) is 4.55 Å². The van der Waals surface area contributed by atoms with Crippen molar-refractivity contribution in [2.45, 2.75) is 84.5 Å². The maximum atomic E-state index is 13.3. The molecular formula is C29H42N4O2S. The van der Waals surface area contributed by atoms with Gasteiger partial charge < -0.3 is 9.29 Å². The molecule has 5 rings (SSSR count). The van der Waals surface area contributed by atoms with Crippen LogP contribution in [0.3, 0.4) is 0 Å². The second-order valence-electron chi connectivity index (χ2n) is 11.3. The number of aromatic nitrogens is 2. The summed E-state index contributed by atoms with van der Waals surface area (Å²) in [6.07, 6.45) is 14.2. The van der Waals surface area contributed by atoms with Gasteiger partial charge in [0, 0.05) is 24.7 Å². The van der Waals surface area contributed by atoms with Gasteiger partial charge in [0.25, 0.3) is 5.95 Å². The first-order valence-corrected chi connectivity index (χ1v) is 15.2. The van der Waals surface area contributed by atoms with E-state index >= 15 is 0 Å². The van der Waals surface area contributed by atoms with E-state index in [1.807, 2.05) is 6.07 Å². The van der Waals surface area contributed by atoms with E-state index in [0.717, 1.165) is 47.8 Å². The minimum atomic E-state index is -1.36. The molecule has 36 heavy (non-hydrogen) atoms. The Bertz CT molecular complexity index is 993. The molecule has 1 aliphatic carbocycles.